The molecule has 1 amide bonds. The number of amides is 1. The second-order valence-electron chi connectivity index (χ2n) is 5.08. The van der Waals surface area contributed by atoms with Crippen LogP contribution in [0.25, 0.3) is 0 Å². The lowest BCUT2D eigenvalue weighted by molar-refractivity contribution is -0.121. The Hall–Kier alpha value is -1.56. The van der Waals surface area contributed by atoms with Crippen molar-refractivity contribution in [3.8, 4) is 0 Å². The van der Waals surface area contributed by atoms with E-state index in [1.54, 1.807) is 0 Å². The van der Waals surface area contributed by atoms with Crippen LogP contribution in [0.2, 0.25) is 0 Å². The first-order valence-electron chi connectivity index (χ1n) is 6.90. The van der Waals surface area contributed by atoms with Gasteiger partial charge in [-0.05, 0) is 66.3 Å². The van der Waals surface area contributed by atoms with Gasteiger partial charge >= 0.3 is 0 Å². The third-order valence-corrected chi connectivity index (χ3v) is 3.93. The van der Waals surface area contributed by atoms with E-state index in [0.717, 1.165) is 11.3 Å². The van der Waals surface area contributed by atoms with Crippen LogP contribution >= 0.6 is 22.6 Å². The van der Waals surface area contributed by atoms with E-state index >= 15 is 0 Å². The maximum absolute atomic E-state index is 12.1. The molecule has 2 N–H and O–H groups in total. The Morgan fingerprint density at radius 1 is 1.10 bits per heavy atom. The Balaban J connectivity index is 1.84. The minimum Gasteiger partial charge on any atom is -0.374 e. The number of hydrogen-bond donors (Lipinski definition) is 2. The molecule has 0 saturated heterocycles. The van der Waals surface area contributed by atoms with Crippen LogP contribution in [-0.4, -0.2) is 11.9 Å². The van der Waals surface area contributed by atoms with Crippen LogP contribution in [0.5, 0.6) is 0 Å². The Kier molecular flexibility index (Phi) is 5.61. The number of benzene rings is 2. The molecule has 3 nitrogen and oxygen atoms in total. The molecule has 4 heteroatoms. The van der Waals surface area contributed by atoms with E-state index in [9.17, 15) is 4.79 Å². The molecule has 0 fully saturated rings. The summed E-state index contributed by atoms with van der Waals surface area (Å²) in [6.45, 7) is 4.47. The normalized spacial score (nSPS) is 11.8. The monoisotopic (exact) mass is 394 g/mol. The molecular weight excluding hydrogens is 375 g/mol. The van der Waals surface area contributed by atoms with E-state index in [4.69, 9.17) is 0 Å². The molecule has 110 valence electrons. The zero-order chi connectivity index (χ0) is 15.2. The molecule has 0 radical (unpaired) electrons. The highest BCUT2D eigenvalue weighted by Crippen LogP contribution is 2.12. The summed E-state index contributed by atoms with van der Waals surface area (Å²) in [5.41, 5.74) is 3.28. The standard InChI is InChI=1S/C17H19IN2O/c1-12-3-5-14(6-4-12)11-19-17(21)13(2)20-16-9-7-15(18)8-10-16/h3-10,13,20H,11H2,1-2H3,(H,19,21)/t13-/m0/s1. The molecule has 1 atom stereocenters. The number of carbonyl (C=O) groups is 1. The molecule has 0 aliphatic carbocycles. The van der Waals surface area contributed by atoms with Gasteiger partial charge in [-0.15, -0.1) is 0 Å². The van der Waals surface area contributed by atoms with Gasteiger partial charge in [0.05, 0.1) is 0 Å². The Bertz CT molecular complexity index is 593. The summed E-state index contributed by atoms with van der Waals surface area (Å²) in [4.78, 5) is 12.1. The number of rotatable bonds is 5. The van der Waals surface area contributed by atoms with E-state index in [1.165, 1.54) is 9.13 Å². The molecule has 0 unspecified atom stereocenters. The average molecular weight is 394 g/mol. The van der Waals surface area contributed by atoms with Gasteiger partial charge in [0.15, 0.2) is 0 Å². The van der Waals surface area contributed by atoms with Crippen molar-refractivity contribution in [3.63, 3.8) is 0 Å². The largest absolute Gasteiger partial charge is 0.374 e. The minimum atomic E-state index is -0.268. The Morgan fingerprint density at radius 3 is 2.33 bits per heavy atom. The SMILES string of the molecule is Cc1ccc(CNC(=O)[C@H](C)Nc2ccc(I)cc2)cc1. The van der Waals surface area contributed by atoms with Gasteiger partial charge in [-0.25, -0.2) is 0 Å². The number of anilines is 1. The van der Waals surface area contributed by atoms with Gasteiger partial charge in [-0.1, -0.05) is 29.8 Å². The van der Waals surface area contributed by atoms with Crippen LogP contribution in [0, 0.1) is 10.5 Å². The predicted molar refractivity (Wildman–Crippen MR) is 95.3 cm³/mol. The van der Waals surface area contributed by atoms with Crippen LogP contribution in [-0.2, 0) is 11.3 Å². The highest BCUT2D eigenvalue weighted by atomic mass is 127. The van der Waals surface area contributed by atoms with Gasteiger partial charge in [0, 0.05) is 15.8 Å². The van der Waals surface area contributed by atoms with Crippen LogP contribution in [0.3, 0.4) is 0 Å². The molecule has 2 aromatic rings. The van der Waals surface area contributed by atoms with Gasteiger partial charge in [-0.2, -0.15) is 0 Å². The van der Waals surface area contributed by atoms with Crippen molar-refractivity contribution in [3.05, 3.63) is 63.2 Å². The van der Waals surface area contributed by atoms with Crippen molar-refractivity contribution in [2.45, 2.75) is 26.4 Å². The minimum absolute atomic E-state index is 0.00544. The number of halogens is 1. The second kappa shape index (κ2) is 7.45. The molecular formula is C17H19IN2O. The van der Waals surface area contributed by atoms with Gasteiger partial charge in [0.1, 0.15) is 6.04 Å². The first kappa shape index (κ1) is 15.8. The fraction of sp³-hybridized carbons (Fsp3) is 0.235. The lowest BCUT2D eigenvalue weighted by atomic mass is 10.1. The first-order valence-corrected chi connectivity index (χ1v) is 7.98. The highest BCUT2D eigenvalue weighted by molar-refractivity contribution is 14.1. The molecule has 0 spiro atoms. The Labute approximate surface area is 139 Å². The molecule has 0 heterocycles. The predicted octanol–water partition coefficient (Wildman–Crippen LogP) is 3.72. The maximum Gasteiger partial charge on any atom is 0.242 e. The molecule has 0 bridgehead atoms. The molecule has 2 aromatic carbocycles. The van der Waals surface area contributed by atoms with Gasteiger partial charge in [0.2, 0.25) is 5.91 Å². The van der Waals surface area contributed by atoms with E-state index in [0.29, 0.717) is 6.54 Å². The molecule has 21 heavy (non-hydrogen) atoms. The van der Waals surface area contributed by atoms with E-state index < -0.39 is 0 Å². The smallest absolute Gasteiger partial charge is 0.242 e. The summed E-state index contributed by atoms with van der Waals surface area (Å²) in [6, 6.07) is 15.9. The second-order valence-corrected chi connectivity index (χ2v) is 6.32. The Morgan fingerprint density at radius 2 is 1.71 bits per heavy atom. The number of aryl methyl sites for hydroxylation is 1. The van der Waals surface area contributed by atoms with Crippen LogP contribution in [0.15, 0.2) is 48.5 Å². The third kappa shape index (κ3) is 5.04. The van der Waals surface area contributed by atoms with Crippen molar-refractivity contribution in [1.82, 2.24) is 5.32 Å². The zero-order valence-corrected chi connectivity index (χ0v) is 14.3. The quantitative estimate of drug-likeness (QED) is 0.760. The van der Waals surface area contributed by atoms with Gasteiger partial charge < -0.3 is 10.6 Å². The van der Waals surface area contributed by atoms with Crippen molar-refractivity contribution in [2.75, 3.05) is 5.32 Å². The summed E-state index contributed by atoms with van der Waals surface area (Å²) < 4.78 is 1.18. The zero-order valence-electron chi connectivity index (χ0n) is 12.2. The molecule has 0 aliphatic rings. The summed E-state index contributed by atoms with van der Waals surface area (Å²) >= 11 is 2.26. The first-order chi connectivity index (χ1) is 10.0. The van der Waals surface area contributed by atoms with Crippen molar-refractivity contribution in [2.24, 2.45) is 0 Å². The summed E-state index contributed by atoms with van der Waals surface area (Å²) in [7, 11) is 0. The fourth-order valence-corrected chi connectivity index (χ4v) is 2.27. The maximum atomic E-state index is 12.1. The molecule has 0 aromatic heterocycles. The van der Waals surface area contributed by atoms with Crippen LogP contribution in [0.4, 0.5) is 5.69 Å². The fourth-order valence-electron chi connectivity index (χ4n) is 1.91. The number of hydrogen-bond acceptors (Lipinski definition) is 2. The van der Waals surface area contributed by atoms with Crippen molar-refractivity contribution in [1.29, 1.82) is 0 Å². The lowest BCUT2D eigenvalue weighted by Crippen LogP contribution is -2.37. The molecule has 0 saturated carbocycles. The summed E-state index contributed by atoms with van der Waals surface area (Å²) in [6.07, 6.45) is 0. The van der Waals surface area contributed by atoms with E-state index in [2.05, 4.69) is 52.3 Å². The summed E-state index contributed by atoms with van der Waals surface area (Å²) in [5.74, 6) is -0.00544. The van der Waals surface area contributed by atoms with Crippen LogP contribution < -0.4 is 10.6 Å². The molecule has 2 rings (SSSR count). The van der Waals surface area contributed by atoms with Crippen LogP contribution in [0.1, 0.15) is 18.1 Å². The molecule has 0 aliphatic heterocycles. The van der Waals surface area contributed by atoms with E-state index in [-0.39, 0.29) is 11.9 Å². The summed E-state index contributed by atoms with van der Waals surface area (Å²) in [5, 5.41) is 6.15. The highest BCUT2D eigenvalue weighted by Gasteiger charge is 2.11. The van der Waals surface area contributed by atoms with Gasteiger partial charge in [-0.3, -0.25) is 4.79 Å². The van der Waals surface area contributed by atoms with Crippen molar-refractivity contribution < 1.29 is 4.79 Å². The average Bonchev–Trinajstić information content (AvgIpc) is 2.48. The van der Waals surface area contributed by atoms with Gasteiger partial charge in [0.25, 0.3) is 0 Å². The third-order valence-electron chi connectivity index (χ3n) is 3.21. The number of nitrogens with one attached hydrogen (secondary N) is 2. The number of carbonyl (C=O) groups excluding carboxylic acids is 1. The van der Waals surface area contributed by atoms with E-state index in [1.807, 2.05) is 43.3 Å². The lowest BCUT2D eigenvalue weighted by Gasteiger charge is -2.15. The van der Waals surface area contributed by atoms with Crippen molar-refractivity contribution >= 4 is 34.2 Å². The topological polar surface area (TPSA) is 41.1 Å².